The van der Waals surface area contributed by atoms with Crippen LogP contribution in [0.2, 0.25) is 0 Å². The van der Waals surface area contributed by atoms with Gasteiger partial charge in [-0.15, -0.1) is 0 Å². The first-order valence-corrected chi connectivity index (χ1v) is 4.58. The van der Waals surface area contributed by atoms with Gasteiger partial charge >= 0.3 is 0 Å². The fourth-order valence-electron chi connectivity index (χ4n) is 1.33. The highest BCUT2D eigenvalue weighted by molar-refractivity contribution is 4.63. The minimum atomic E-state index is 0.778. The molecule has 0 aliphatic heterocycles. The summed E-state index contributed by atoms with van der Waals surface area (Å²) in [5.74, 6) is 0. The Morgan fingerprint density at radius 1 is 1.00 bits per heavy atom. The van der Waals surface area contributed by atoms with Crippen LogP contribution >= 0.6 is 0 Å². The first-order valence-electron chi connectivity index (χ1n) is 4.58. The van der Waals surface area contributed by atoms with Crippen molar-refractivity contribution >= 4 is 0 Å². The van der Waals surface area contributed by atoms with E-state index >= 15 is 0 Å². The summed E-state index contributed by atoms with van der Waals surface area (Å²) in [7, 11) is 0. The molecule has 0 aliphatic rings. The van der Waals surface area contributed by atoms with Gasteiger partial charge in [-0.05, 0) is 19.4 Å². The molecule has 1 nitrogen and oxygen atoms in total. The Labute approximate surface area is 65.2 Å². The summed E-state index contributed by atoms with van der Waals surface area (Å²) in [5, 5.41) is 3.48. The Hall–Kier alpha value is -0.0400. The second-order valence-electron chi connectivity index (χ2n) is 2.83. The van der Waals surface area contributed by atoms with Gasteiger partial charge in [0.15, 0.2) is 0 Å². The average molecular weight is 143 g/mol. The van der Waals surface area contributed by atoms with Gasteiger partial charge in [0.05, 0.1) is 0 Å². The highest BCUT2D eigenvalue weighted by atomic mass is 14.9. The van der Waals surface area contributed by atoms with Gasteiger partial charge in [-0.2, -0.15) is 0 Å². The second-order valence-corrected chi connectivity index (χ2v) is 2.83. The predicted octanol–water partition coefficient (Wildman–Crippen LogP) is 2.56. The zero-order valence-electron chi connectivity index (χ0n) is 7.61. The molecule has 0 aromatic carbocycles. The van der Waals surface area contributed by atoms with Crippen LogP contribution in [0, 0.1) is 0 Å². The lowest BCUT2D eigenvalue weighted by molar-refractivity contribution is 0.455. The van der Waals surface area contributed by atoms with Crippen molar-refractivity contribution < 1.29 is 0 Å². The predicted molar refractivity (Wildman–Crippen MR) is 47.3 cm³/mol. The molecule has 0 aromatic heterocycles. The molecule has 0 spiro atoms. The molecule has 0 atom stereocenters. The Kier molecular flexibility index (Phi) is 7.04. The van der Waals surface area contributed by atoms with Crippen molar-refractivity contribution in [2.24, 2.45) is 0 Å². The Bertz CT molecular complexity index is 47.5. The first kappa shape index (κ1) is 9.96. The molecular formula is C9H21N. The third kappa shape index (κ3) is 4.80. The zero-order chi connectivity index (χ0) is 7.82. The second kappa shape index (κ2) is 7.07. The molecule has 0 unspecified atom stereocenters. The van der Waals surface area contributed by atoms with Crippen LogP contribution in [0.5, 0.6) is 0 Å². The summed E-state index contributed by atoms with van der Waals surface area (Å²) in [6.07, 6.45) is 5.28. The molecule has 0 rings (SSSR count). The molecule has 0 aliphatic carbocycles. The maximum absolute atomic E-state index is 3.48. The van der Waals surface area contributed by atoms with Gasteiger partial charge in [0.1, 0.15) is 0 Å². The van der Waals surface area contributed by atoms with Gasteiger partial charge in [-0.3, -0.25) is 0 Å². The van der Waals surface area contributed by atoms with E-state index in [9.17, 15) is 0 Å². The van der Waals surface area contributed by atoms with E-state index < -0.39 is 0 Å². The normalized spacial score (nSPS) is 10.8. The van der Waals surface area contributed by atoms with E-state index in [1.54, 1.807) is 0 Å². The van der Waals surface area contributed by atoms with Gasteiger partial charge in [-0.1, -0.05) is 33.6 Å². The summed E-state index contributed by atoms with van der Waals surface area (Å²) in [5.41, 5.74) is 0. The highest BCUT2D eigenvalue weighted by Crippen LogP contribution is 2.03. The summed E-state index contributed by atoms with van der Waals surface area (Å²) in [6.45, 7) is 7.79. The number of nitrogens with one attached hydrogen (secondary N) is 1. The zero-order valence-corrected chi connectivity index (χ0v) is 7.61. The molecule has 1 heteroatoms. The van der Waals surface area contributed by atoms with Crippen LogP contribution in [-0.4, -0.2) is 12.6 Å². The first-order chi connectivity index (χ1) is 4.85. The van der Waals surface area contributed by atoms with E-state index in [2.05, 4.69) is 26.1 Å². The number of rotatable bonds is 6. The van der Waals surface area contributed by atoms with Crippen molar-refractivity contribution in [3.05, 3.63) is 0 Å². The van der Waals surface area contributed by atoms with Gasteiger partial charge in [-0.25, -0.2) is 0 Å². The molecule has 62 valence electrons. The minimum Gasteiger partial charge on any atom is -0.314 e. The maximum atomic E-state index is 3.48. The van der Waals surface area contributed by atoms with E-state index in [0.717, 1.165) is 12.6 Å². The van der Waals surface area contributed by atoms with E-state index in [4.69, 9.17) is 0 Å². The molecule has 0 heterocycles. The third-order valence-corrected chi connectivity index (χ3v) is 1.77. The molecule has 0 aromatic rings. The fourth-order valence-corrected chi connectivity index (χ4v) is 1.33. The van der Waals surface area contributed by atoms with Gasteiger partial charge < -0.3 is 5.32 Å². The van der Waals surface area contributed by atoms with Crippen molar-refractivity contribution in [1.29, 1.82) is 0 Å². The lowest BCUT2D eigenvalue weighted by Crippen LogP contribution is -2.28. The van der Waals surface area contributed by atoms with Crippen LogP contribution in [0.1, 0.15) is 46.5 Å². The van der Waals surface area contributed by atoms with Crippen molar-refractivity contribution in [3.63, 3.8) is 0 Å². The summed E-state index contributed by atoms with van der Waals surface area (Å²) in [6, 6.07) is 0.778. The van der Waals surface area contributed by atoms with Crippen molar-refractivity contribution in [3.8, 4) is 0 Å². The topological polar surface area (TPSA) is 12.0 Å². The van der Waals surface area contributed by atoms with Gasteiger partial charge in [0, 0.05) is 6.04 Å². The van der Waals surface area contributed by atoms with E-state index in [-0.39, 0.29) is 0 Å². The quantitative estimate of drug-likeness (QED) is 0.602. The molecule has 0 radical (unpaired) electrons. The highest BCUT2D eigenvalue weighted by Gasteiger charge is 2.02. The SMILES string of the molecule is CCCC(CCC)NCC. The molecule has 1 N–H and O–H groups in total. The molecule has 0 saturated carbocycles. The van der Waals surface area contributed by atoms with Gasteiger partial charge in [0.2, 0.25) is 0 Å². The summed E-state index contributed by atoms with van der Waals surface area (Å²) >= 11 is 0. The largest absolute Gasteiger partial charge is 0.314 e. The van der Waals surface area contributed by atoms with Crippen LogP contribution in [-0.2, 0) is 0 Å². The van der Waals surface area contributed by atoms with Crippen LogP contribution in [0.3, 0.4) is 0 Å². The Balaban J connectivity index is 3.30. The third-order valence-electron chi connectivity index (χ3n) is 1.77. The molecule has 10 heavy (non-hydrogen) atoms. The molecular weight excluding hydrogens is 122 g/mol. The van der Waals surface area contributed by atoms with Crippen molar-refractivity contribution in [2.45, 2.75) is 52.5 Å². The molecule has 0 bridgehead atoms. The number of hydrogen-bond donors (Lipinski definition) is 1. The van der Waals surface area contributed by atoms with Crippen molar-refractivity contribution in [1.82, 2.24) is 5.32 Å². The van der Waals surface area contributed by atoms with Crippen LogP contribution in [0.15, 0.2) is 0 Å². The Morgan fingerprint density at radius 2 is 1.50 bits per heavy atom. The molecule has 0 saturated heterocycles. The fraction of sp³-hybridized carbons (Fsp3) is 1.00. The smallest absolute Gasteiger partial charge is 0.00667 e. The summed E-state index contributed by atoms with van der Waals surface area (Å²) < 4.78 is 0. The Morgan fingerprint density at radius 3 is 1.80 bits per heavy atom. The maximum Gasteiger partial charge on any atom is 0.00667 e. The van der Waals surface area contributed by atoms with Crippen LogP contribution in [0.4, 0.5) is 0 Å². The monoisotopic (exact) mass is 143 g/mol. The van der Waals surface area contributed by atoms with Crippen LogP contribution < -0.4 is 5.32 Å². The van der Waals surface area contributed by atoms with E-state index in [0.29, 0.717) is 0 Å². The van der Waals surface area contributed by atoms with E-state index in [1.165, 1.54) is 25.7 Å². The average Bonchev–Trinajstić information content (AvgIpc) is 1.90. The van der Waals surface area contributed by atoms with Crippen LogP contribution in [0.25, 0.3) is 0 Å². The molecule has 0 fully saturated rings. The lowest BCUT2D eigenvalue weighted by atomic mass is 10.1. The van der Waals surface area contributed by atoms with Gasteiger partial charge in [0.25, 0.3) is 0 Å². The number of hydrogen-bond acceptors (Lipinski definition) is 1. The minimum absolute atomic E-state index is 0.778. The van der Waals surface area contributed by atoms with E-state index in [1.807, 2.05) is 0 Å². The molecule has 0 amide bonds. The lowest BCUT2D eigenvalue weighted by Gasteiger charge is -2.15. The standard InChI is InChI=1S/C9H21N/c1-4-7-9(8-5-2)10-6-3/h9-10H,4-8H2,1-3H3. The summed E-state index contributed by atoms with van der Waals surface area (Å²) in [4.78, 5) is 0. The van der Waals surface area contributed by atoms with Crippen molar-refractivity contribution in [2.75, 3.05) is 6.54 Å².